The molecule has 0 radical (unpaired) electrons. The molecule has 2 heterocycles. The zero-order valence-electron chi connectivity index (χ0n) is 14.1. The van der Waals surface area contributed by atoms with Crippen LogP contribution in [-0.2, 0) is 13.0 Å². The zero-order chi connectivity index (χ0) is 16.8. The van der Waals surface area contributed by atoms with Crippen LogP contribution in [0, 0.1) is 0 Å². The molecule has 0 saturated heterocycles. The van der Waals surface area contributed by atoms with E-state index in [1.807, 2.05) is 11.4 Å². The van der Waals surface area contributed by atoms with Gasteiger partial charge in [-0.25, -0.2) is 0 Å². The Hall–Kier alpha value is -1.85. The number of hydrogen-bond donors (Lipinski definition) is 1. The highest BCUT2D eigenvalue weighted by Gasteiger charge is 2.15. The Balaban J connectivity index is 1.35. The molecule has 1 N–H and O–H groups in total. The summed E-state index contributed by atoms with van der Waals surface area (Å²) in [6.07, 6.45) is 3.24. The Kier molecular flexibility index (Phi) is 5.88. The third-order valence-electron chi connectivity index (χ3n) is 4.45. The van der Waals surface area contributed by atoms with Crippen LogP contribution in [0.15, 0.2) is 35.7 Å². The largest absolute Gasteiger partial charge is 0.495 e. The van der Waals surface area contributed by atoms with Crippen LogP contribution in [-0.4, -0.2) is 37.6 Å². The average Bonchev–Trinajstić information content (AvgIpc) is 3.10. The number of fused-ring (bicyclic) bond motifs is 1. The Morgan fingerprint density at radius 1 is 1.25 bits per heavy atom. The molecule has 0 saturated carbocycles. The summed E-state index contributed by atoms with van der Waals surface area (Å²) in [7, 11) is 1.59. The lowest BCUT2D eigenvalue weighted by Gasteiger charge is -2.28. The van der Waals surface area contributed by atoms with Crippen molar-refractivity contribution in [1.29, 1.82) is 0 Å². The number of amides is 1. The van der Waals surface area contributed by atoms with Crippen molar-refractivity contribution in [2.45, 2.75) is 25.8 Å². The summed E-state index contributed by atoms with van der Waals surface area (Å²) in [4.78, 5) is 15.3. The minimum atomic E-state index is -0.0336. The molecular formula is C19H24N2O2S. The quantitative estimate of drug-likeness (QED) is 0.784. The zero-order valence-corrected chi connectivity index (χ0v) is 14.9. The van der Waals surface area contributed by atoms with Crippen LogP contribution in [0.1, 0.15) is 33.6 Å². The molecular weight excluding hydrogens is 320 g/mol. The van der Waals surface area contributed by atoms with Crippen LogP contribution in [0.5, 0.6) is 5.75 Å². The summed E-state index contributed by atoms with van der Waals surface area (Å²) in [5.74, 6) is 0.623. The van der Waals surface area contributed by atoms with Gasteiger partial charge in [0.05, 0.1) is 7.11 Å². The van der Waals surface area contributed by atoms with Gasteiger partial charge in [0.2, 0.25) is 0 Å². The van der Waals surface area contributed by atoms with E-state index in [1.165, 1.54) is 22.5 Å². The molecule has 1 aliphatic heterocycles. The van der Waals surface area contributed by atoms with E-state index in [2.05, 4.69) is 34.5 Å². The first kappa shape index (κ1) is 17.0. The Morgan fingerprint density at radius 2 is 2.08 bits per heavy atom. The molecule has 2 aromatic rings. The maximum Gasteiger partial charge on any atom is 0.265 e. The molecule has 1 aromatic carbocycles. The van der Waals surface area contributed by atoms with E-state index in [-0.39, 0.29) is 5.91 Å². The lowest BCUT2D eigenvalue weighted by atomic mass is 10.00. The molecule has 0 fully saturated rings. The molecule has 128 valence electrons. The topological polar surface area (TPSA) is 41.6 Å². The summed E-state index contributed by atoms with van der Waals surface area (Å²) < 4.78 is 5.18. The molecule has 3 rings (SSSR count). The van der Waals surface area contributed by atoms with Gasteiger partial charge in [0.1, 0.15) is 10.6 Å². The predicted molar refractivity (Wildman–Crippen MR) is 97.9 cm³/mol. The van der Waals surface area contributed by atoms with Crippen molar-refractivity contribution < 1.29 is 9.53 Å². The third-order valence-corrected chi connectivity index (χ3v) is 5.35. The van der Waals surface area contributed by atoms with E-state index >= 15 is 0 Å². The standard InChI is InChI=1S/C19H24N2O2S/c1-23-17-9-13-24-18(17)19(22)20-10-4-5-11-21-12-8-15-6-2-3-7-16(15)14-21/h2-3,6-7,9,13H,4-5,8,10-12,14H2,1H3,(H,20,22). The smallest absolute Gasteiger partial charge is 0.265 e. The van der Waals surface area contributed by atoms with Gasteiger partial charge in [0.25, 0.3) is 5.91 Å². The van der Waals surface area contributed by atoms with Gasteiger partial charge in [0.15, 0.2) is 0 Å². The van der Waals surface area contributed by atoms with Crippen molar-refractivity contribution >= 4 is 17.2 Å². The molecule has 5 heteroatoms. The van der Waals surface area contributed by atoms with Crippen LogP contribution >= 0.6 is 11.3 Å². The highest BCUT2D eigenvalue weighted by molar-refractivity contribution is 7.12. The van der Waals surface area contributed by atoms with Gasteiger partial charge < -0.3 is 10.1 Å². The molecule has 0 spiro atoms. The van der Waals surface area contributed by atoms with Crippen molar-refractivity contribution in [2.24, 2.45) is 0 Å². The van der Waals surface area contributed by atoms with E-state index in [1.54, 1.807) is 7.11 Å². The second-order valence-electron chi connectivity index (χ2n) is 6.08. The van der Waals surface area contributed by atoms with E-state index in [9.17, 15) is 4.79 Å². The van der Waals surface area contributed by atoms with Gasteiger partial charge >= 0.3 is 0 Å². The first-order valence-corrected chi connectivity index (χ1v) is 9.34. The summed E-state index contributed by atoms with van der Waals surface area (Å²) in [6.45, 7) is 3.99. The fraction of sp³-hybridized carbons (Fsp3) is 0.421. The maximum atomic E-state index is 12.1. The number of nitrogens with zero attached hydrogens (tertiary/aromatic N) is 1. The normalized spacial score (nSPS) is 14.2. The lowest BCUT2D eigenvalue weighted by Crippen LogP contribution is -2.32. The molecule has 1 amide bonds. The lowest BCUT2D eigenvalue weighted by molar-refractivity contribution is 0.0954. The molecule has 24 heavy (non-hydrogen) atoms. The number of nitrogens with one attached hydrogen (secondary N) is 1. The van der Waals surface area contributed by atoms with Crippen molar-refractivity contribution in [3.63, 3.8) is 0 Å². The van der Waals surface area contributed by atoms with Crippen molar-refractivity contribution in [1.82, 2.24) is 10.2 Å². The monoisotopic (exact) mass is 344 g/mol. The number of hydrogen-bond acceptors (Lipinski definition) is 4. The van der Waals surface area contributed by atoms with Gasteiger partial charge in [-0.05, 0) is 48.4 Å². The molecule has 0 atom stereocenters. The fourth-order valence-electron chi connectivity index (χ4n) is 3.11. The summed E-state index contributed by atoms with van der Waals surface area (Å²) in [5.41, 5.74) is 2.95. The molecule has 1 aliphatic rings. The molecule has 0 aliphatic carbocycles. The SMILES string of the molecule is COc1ccsc1C(=O)NCCCCN1CCc2ccccc2C1. The van der Waals surface area contributed by atoms with Crippen molar-refractivity contribution in [3.05, 3.63) is 51.7 Å². The Labute approximate surface area is 147 Å². The average molecular weight is 344 g/mol. The van der Waals surface area contributed by atoms with E-state index in [0.717, 1.165) is 38.9 Å². The molecule has 1 aromatic heterocycles. The minimum absolute atomic E-state index is 0.0336. The highest BCUT2D eigenvalue weighted by atomic mass is 32.1. The van der Waals surface area contributed by atoms with Crippen LogP contribution < -0.4 is 10.1 Å². The third kappa shape index (κ3) is 4.16. The number of carbonyl (C=O) groups is 1. The fourth-order valence-corrected chi connectivity index (χ4v) is 3.89. The van der Waals surface area contributed by atoms with Gasteiger partial charge in [-0.3, -0.25) is 9.69 Å². The van der Waals surface area contributed by atoms with Gasteiger partial charge in [0, 0.05) is 19.6 Å². The van der Waals surface area contributed by atoms with Gasteiger partial charge in [-0.15, -0.1) is 11.3 Å². The maximum absolute atomic E-state index is 12.1. The van der Waals surface area contributed by atoms with Crippen LogP contribution in [0.4, 0.5) is 0 Å². The van der Waals surface area contributed by atoms with Crippen LogP contribution in [0.25, 0.3) is 0 Å². The number of ether oxygens (including phenoxy) is 1. The number of rotatable bonds is 7. The van der Waals surface area contributed by atoms with Crippen LogP contribution in [0.2, 0.25) is 0 Å². The highest BCUT2D eigenvalue weighted by Crippen LogP contribution is 2.24. The number of unbranched alkanes of at least 4 members (excludes halogenated alkanes) is 1. The molecule has 4 nitrogen and oxygen atoms in total. The minimum Gasteiger partial charge on any atom is -0.495 e. The van der Waals surface area contributed by atoms with Gasteiger partial charge in [-0.2, -0.15) is 0 Å². The molecule has 0 bridgehead atoms. The number of methoxy groups -OCH3 is 1. The second kappa shape index (κ2) is 8.31. The number of carbonyl (C=O) groups excluding carboxylic acids is 1. The molecule has 0 unspecified atom stereocenters. The summed E-state index contributed by atoms with van der Waals surface area (Å²) in [6, 6.07) is 10.5. The Bertz CT molecular complexity index is 684. The first-order valence-electron chi connectivity index (χ1n) is 8.47. The Morgan fingerprint density at radius 3 is 2.92 bits per heavy atom. The number of benzene rings is 1. The van der Waals surface area contributed by atoms with E-state index in [0.29, 0.717) is 17.2 Å². The number of thiophene rings is 1. The van der Waals surface area contributed by atoms with Crippen molar-refractivity contribution in [2.75, 3.05) is 26.7 Å². The predicted octanol–water partition coefficient (Wildman–Crippen LogP) is 3.33. The van der Waals surface area contributed by atoms with Crippen molar-refractivity contribution in [3.8, 4) is 5.75 Å². The van der Waals surface area contributed by atoms with E-state index in [4.69, 9.17) is 4.74 Å². The van der Waals surface area contributed by atoms with E-state index < -0.39 is 0 Å². The summed E-state index contributed by atoms with van der Waals surface area (Å²) in [5, 5.41) is 4.86. The first-order chi connectivity index (χ1) is 11.8. The summed E-state index contributed by atoms with van der Waals surface area (Å²) >= 11 is 1.42. The van der Waals surface area contributed by atoms with Crippen LogP contribution in [0.3, 0.4) is 0 Å². The second-order valence-corrected chi connectivity index (χ2v) is 6.99. The van der Waals surface area contributed by atoms with Gasteiger partial charge in [-0.1, -0.05) is 24.3 Å².